The Balaban J connectivity index is 1.42. The number of aliphatic imine (C=N–C) groups is 1. The van der Waals surface area contributed by atoms with Crippen molar-refractivity contribution >= 4 is 69.4 Å². The predicted molar refractivity (Wildman–Crippen MR) is 129 cm³/mol. The number of nitrogens with zero attached hydrogens (tertiary/aromatic N) is 1. The van der Waals surface area contributed by atoms with Crippen LogP contribution in [0.25, 0.3) is 6.08 Å². The van der Waals surface area contributed by atoms with Crippen molar-refractivity contribution in [2.24, 2.45) is 4.99 Å². The molecule has 156 valence electrons. The highest BCUT2D eigenvalue weighted by Gasteiger charge is 2.23. The Labute approximate surface area is 198 Å². The Bertz CT molecular complexity index is 1190. The lowest BCUT2D eigenvalue weighted by atomic mass is 10.2. The summed E-state index contributed by atoms with van der Waals surface area (Å²) in [6, 6.07) is 20.1. The van der Waals surface area contributed by atoms with Crippen LogP contribution in [0, 0.1) is 0 Å². The molecule has 3 aromatic rings. The van der Waals surface area contributed by atoms with Gasteiger partial charge in [-0.3, -0.25) is 4.79 Å². The van der Waals surface area contributed by atoms with Crippen LogP contribution in [0.1, 0.15) is 11.1 Å². The van der Waals surface area contributed by atoms with Gasteiger partial charge >= 0.3 is 0 Å². The van der Waals surface area contributed by atoms with E-state index in [-0.39, 0.29) is 5.91 Å². The van der Waals surface area contributed by atoms with Crippen molar-refractivity contribution in [1.29, 1.82) is 0 Å². The molecule has 0 unspecified atom stereocenters. The number of ether oxygens (including phenoxy) is 1. The predicted octanol–water partition coefficient (Wildman–Crippen LogP) is 7.12. The highest BCUT2D eigenvalue weighted by Crippen LogP contribution is 2.31. The van der Waals surface area contributed by atoms with Crippen LogP contribution < -0.4 is 10.1 Å². The lowest BCUT2D eigenvalue weighted by molar-refractivity contribution is -0.115. The van der Waals surface area contributed by atoms with E-state index >= 15 is 0 Å². The lowest BCUT2D eigenvalue weighted by Gasteiger charge is -2.08. The summed E-state index contributed by atoms with van der Waals surface area (Å²) in [5.41, 5.74) is 2.40. The van der Waals surface area contributed by atoms with Gasteiger partial charge in [0.2, 0.25) is 0 Å². The highest BCUT2D eigenvalue weighted by molar-refractivity contribution is 8.18. The van der Waals surface area contributed by atoms with Crippen LogP contribution in [0.3, 0.4) is 0 Å². The number of amides is 1. The van der Waals surface area contributed by atoms with Gasteiger partial charge in [-0.25, -0.2) is 4.99 Å². The molecular weight excluding hydrogens is 475 g/mol. The lowest BCUT2D eigenvalue weighted by Crippen LogP contribution is -2.19. The van der Waals surface area contributed by atoms with E-state index in [1.54, 1.807) is 24.3 Å². The fraction of sp³-hybridized carbons (Fsp3) is 0.0435. The molecule has 1 N–H and O–H groups in total. The van der Waals surface area contributed by atoms with Crippen LogP contribution in [-0.4, -0.2) is 11.1 Å². The maximum Gasteiger partial charge on any atom is 0.264 e. The van der Waals surface area contributed by atoms with Crippen molar-refractivity contribution in [3.8, 4) is 5.75 Å². The third-order valence-corrected chi connectivity index (χ3v) is 6.33. The first-order chi connectivity index (χ1) is 15.0. The minimum atomic E-state index is -0.206. The Kier molecular flexibility index (Phi) is 6.88. The molecule has 0 saturated carbocycles. The number of hydrogen-bond acceptors (Lipinski definition) is 4. The van der Waals surface area contributed by atoms with Crippen molar-refractivity contribution in [2.75, 3.05) is 0 Å². The summed E-state index contributed by atoms with van der Waals surface area (Å²) in [6.07, 6.45) is 1.80. The van der Waals surface area contributed by atoms with Gasteiger partial charge in [-0.05, 0) is 59.8 Å². The number of amidine groups is 1. The zero-order valence-corrected chi connectivity index (χ0v) is 19.0. The van der Waals surface area contributed by atoms with Crippen LogP contribution in [0.4, 0.5) is 5.69 Å². The molecular formula is C23H15Cl3N2O2S. The average molecular weight is 490 g/mol. The van der Waals surface area contributed by atoms with Crippen LogP contribution in [0.15, 0.2) is 76.6 Å². The summed E-state index contributed by atoms with van der Waals surface area (Å²) in [5.74, 6) is 0.510. The second-order valence-electron chi connectivity index (χ2n) is 6.53. The second kappa shape index (κ2) is 9.79. The van der Waals surface area contributed by atoms with Gasteiger partial charge in [0.25, 0.3) is 5.91 Å². The van der Waals surface area contributed by atoms with Crippen molar-refractivity contribution < 1.29 is 9.53 Å². The minimum Gasteiger partial charge on any atom is -0.489 e. The molecule has 8 heteroatoms. The SMILES string of the molecule is O=C1NC(=Nc2ccc(Cl)c(Cl)c2)SC1=Cc1ccc(OCc2ccccc2Cl)cc1. The summed E-state index contributed by atoms with van der Waals surface area (Å²) in [4.78, 5) is 17.2. The number of carbonyl (C=O) groups excluding carboxylic acids is 1. The Morgan fingerprint density at radius 2 is 1.71 bits per heavy atom. The maximum absolute atomic E-state index is 12.3. The molecule has 1 fully saturated rings. The molecule has 4 nitrogen and oxygen atoms in total. The monoisotopic (exact) mass is 488 g/mol. The smallest absolute Gasteiger partial charge is 0.264 e. The molecule has 31 heavy (non-hydrogen) atoms. The first-order valence-corrected chi connectivity index (χ1v) is 11.1. The second-order valence-corrected chi connectivity index (χ2v) is 8.78. The molecule has 1 amide bonds. The number of rotatable bonds is 5. The van der Waals surface area contributed by atoms with Gasteiger partial charge in [0.05, 0.1) is 20.6 Å². The van der Waals surface area contributed by atoms with Crippen LogP contribution in [0.2, 0.25) is 15.1 Å². The van der Waals surface area contributed by atoms with E-state index in [2.05, 4.69) is 10.3 Å². The first-order valence-electron chi connectivity index (χ1n) is 9.19. The number of nitrogens with one attached hydrogen (secondary N) is 1. The van der Waals surface area contributed by atoms with Crippen molar-refractivity contribution in [1.82, 2.24) is 5.32 Å². The number of hydrogen-bond donors (Lipinski definition) is 1. The molecule has 1 heterocycles. The zero-order valence-electron chi connectivity index (χ0n) is 15.9. The molecule has 0 radical (unpaired) electrons. The van der Waals surface area contributed by atoms with Gasteiger partial charge < -0.3 is 10.1 Å². The van der Waals surface area contributed by atoms with Gasteiger partial charge in [-0.2, -0.15) is 0 Å². The third kappa shape index (κ3) is 5.63. The molecule has 0 aromatic heterocycles. The van der Waals surface area contributed by atoms with Crippen LogP contribution >= 0.6 is 46.6 Å². The van der Waals surface area contributed by atoms with Gasteiger partial charge in [-0.1, -0.05) is 65.1 Å². The van der Waals surface area contributed by atoms with E-state index in [0.29, 0.717) is 43.2 Å². The Hall–Kier alpha value is -2.44. The summed E-state index contributed by atoms with van der Waals surface area (Å²) >= 11 is 19.4. The molecule has 1 saturated heterocycles. The van der Waals surface area contributed by atoms with Gasteiger partial charge in [0.15, 0.2) is 5.17 Å². The molecule has 1 aliphatic rings. The highest BCUT2D eigenvalue weighted by atomic mass is 35.5. The van der Waals surface area contributed by atoms with Gasteiger partial charge in [-0.15, -0.1) is 0 Å². The van der Waals surface area contributed by atoms with E-state index in [1.807, 2.05) is 48.5 Å². The molecule has 0 aliphatic carbocycles. The van der Waals surface area contributed by atoms with Crippen LogP contribution in [-0.2, 0) is 11.4 Å². The summed E-state index contributed by atoms with van der Waals surface area (Å²) in [5, 5.41) is 4.77. The molecule has 1 aliphatic heterocycles. The summed E-state index contributed by atoms with van der Waals surface area (Å²) in [6.45, 7) is 0.382. The van der Waals surface area contributed by atoms with Crippen molar-refractivity contribution in [2.45, 2.75) is 6.61 Å². The summed E-state index contributed by atoms with van der Waals surface area (Å²) in [7, 11) is 0. The maximum atomic E-state index is 12.3. The quantitative estimate of drug-likeness (QED) is 0.388. The van der Waals surface area contributed by atoms with Gasteiger partial charge in [0, 0.05) is 10.6 Å². The molecule has 3 aromatic carbocycles. The average Bonchev–Trinajstić information content (AvgIpc) is 3.10. The van der Waals surface area contributed by atoms with Crippen molar-refractivity contribution in [3.05, 3.63) is 97.8 Å². The van der Waals surface area contributed by atoms with Gasteiger partial charge in [0.1, 0.15) is 12.4 Å². The number of thioether (sulfide) groups is 1. The summed E-state index contributed by atoms with van der Waals surface area (Å²) < 4.78 is 5.79. The number of carbonyl (C=O) groups is 1. The molecule has 0 spiro atoms. The van der Waals surface area contributed by atoms with Crippen molar-refractivity contribution in [3.63, 3.8) is 0 Å². The first kappa shape index (κ1) is 21.8. The Morgan fingerprint density at radius 1 is 0.935 bits per heavy atom. The largest absolute Gasteiger partial charge is 0.489 e. The number of benzene rings is 3. The fourth-order valence-corrected chi connectivity index (χ4v) is 4.06. The normalized spacial score (nSPS) is 16.0. The molecule has 4 rings (SSSR count). The molecule has 0 atom stereocenters. The van der Waals surface area contributed by atoms with E-state index in [0.717, 1.165) is 11.1 Å². The van der Waals surface area contributed by atoms with E-state index in [4.69, 9.17) is 39.5 Å². The number of halogens is 3. The molecule has 0 bridgehead atoms. The fourth-order valence-electron chi connectivity index (χ4n) is 2.74. The van der Waals surface area contributed by atoms with E-state index < -0.39 is 0 Å². The minimum absolute atomic E-state index is 0.206. The van der Waals surface area contributed by atoms with E-state index in [1.165, 1.54) is 11.8 Å². The topological polar surface area (TPSA) is 50.7 Å². The third-order valence-electron chi connectivity index (χ3n) is 4.31. The zero-order chi connectivity index (χ0) is 21.8. The van der Waals surface area contributed by atoms with E-state index in [9.17, 15) is 4.79 Å². The standard InChI is InChI=1S/C23H15Cl3N2O2S/c24-18-4-2-1-3-15(18)13-30-17-8-5-14(6-9-17)11-21-22(29)28-23(31-21)27-16-7-10-19(25)20(26)12-16/h1-12H,13H2,(H,27,28,29). The van der Waals surface area contributed by atoms with Crippen LogP contribution in [0.5, 0.6) is 5.75 Å². The Morgan fingerprint density at radius 3 is 2.45 bits per heavy atom.